The van der Waals surface area contributed by atoms with Gasteiger partial charge in [-0.15, -0.1) is 0 Å². The van der Waals surface area contributed by atoms with E-state index < -0.39 is 11.6 Å². The molecule has 0 saturated heterocycles. The lowest BCUT2D eigenvalue weighted by Gasteiger charge is -2.17. The van der Waals surface area contributed by atoms with Crippen molar-refractivity contribution in [2.45, 2.75) is 80.1 Å². The van der Waals surface area contributed by atoms with Gasteiger partial charge in [-0.1, -0.05) is 70.5 Å². The van der Waals surface area contributed by atoms with Crippen molar-refractivity contribution in [2.24, 2.45) is 16.8 Å². The van der Waals surface area contributed by atoms with Crippen molar-refractivity contribution in [1.29, 1.82) is 0 Å². The Morgan fingerprint density at radius 3 is 2.41 bits per heavy atom. The largest absolute Gasteiger partial charge is 0.380 e. The molecule has 0 spiro atoms. The molecule has 7 heteroatoms. The van der Waals surface area contributed by atoms with E-state index in [-0.39, 0.29) is 16.5 Å². The Bertz CT molecular complexity index is 1160. The van der Waals surface area contributed by atoms with Crippen LogP contribution >= 0.6 is 11.6 Å². The van der Waals surface area contributed by atoms with Crippen LogP contribution in [0.25, 0.3) is 5.57 Å². The number of aryl methyl sites for hydroxylation is 1. The van der Waals surface area contributed by atoms with Gasteiger partial charge in [-0.05, 0) is 74.4 Å². The van der Waals surface area contributed by atoms with Crippen LogP contribution in [0.3, 0.4) is 0 Å². The number of nitrogens with zero attached hydrogens (tertiary/aromatic N) is 1. The third kappa shape index (κ3) is 10.7. The molecule has 0 saturated carbocycles. The molecule has 0 radical (unpaired) electrons. The van der Waals surface area contributed by atoms with Gasteiger partial charge in [0, 0.05) is 35.3 Å². The lowest BCUT2D eigenvalue weighted by Crippen LogP contribution is -2.26. The Labute approximate surface area is 238 Å². The number of nitrogens with one attached hydrogen (secondary N) is 2. The Morgan fingerprint density at radius 1 is 1.03 bits per heavy atom. The van der Waals surface area contributed by atoms with E-state index >= 15 is 0 Å². The summed E-state index contributed by atoms with van der Waals surface area (Å²) in [5.74, 6) is -0.681. The van der Waals surface area contributed by atoms with Crippen molar-refractivity contribution in [3.8, 4) is 0 Å². The van der Waals surface area contributed by atoms with Gasteiger partial charge in [0.2, 0.25) is 0 Å². The van der Waals surface area contributed by atoms with Crippen molar-refractivity contribution in [2.75, 3.05) is 18.4 Å². The van der Waals surface area contributed by atoms with Crippen LogP contribution in [0, 0.1) is 30.4 Å². The van der Waals surface area contributed by atoms with Crippen molar-refractivity contribution in [1.82, 2.24) is 5.32 Å². The van der Waals surface area contributed by atoms with Crippen LogP contribution in [-0.4, -0.2) is 24.7 Å². The average Bonchev–Trinajstić information content (AvgIpc) is 2.89. The number of carbonyl (C=O) groups excluding carboxylic acids is 1. The molecule has 39 heavy (non-hydrogen) atoms. The number of hydrogen-bond acceptors (Lipinski definition) is 3. The fourth-order valence-corrected chi connectivity index (χ4v) is 4.70. The summed E-state index contributed by atoms with van der Waals surface area (Å²) in [7, 11) is 0. The Hall–Kier alpha value is -2.73. The van der Waals surface area contributed by atoms with Crippen molar-refractivity contribution in [3.05, 3.63) is 69.9 Å². The van der Waals surface area contributed by atoms with Gasteiger partial charge in [-0.25, -0.2) is 8.78 Å². The molecule has 2 N–H and O–H groups in total. The van der Waals surface area contributed by atoms with E-state index in [0.717, 1.165) is 29.3 Å². The van der Waals surface area contributed by atoms with Crippen LogP contribution in [0.1, 0.15) is 94.6 Å². The van der Waals surface area contributed by atoms with Crippen molar-refractivity contribution in [3.63, 3.8) is 0 Å². The topological polar surface area (TPSA) is 53.5 Å². The smallest absolute Gasteiger partial charge is 0.251 e. The SMILES string of the molecule is CCCC(CCCC(C)C)CCNC(=O)c1ccc(NCC(C)=N/C=C(\C)c2ccc(Cl)c(F)c2F)cc1C. The molecule has 1 unspecified atom stereocenters. The Kier molecular flexibility index (Phi) is 13.7. The summed E-state index contributed by atoms with van der Waals surface area (Å²) in [5.41, 5.74) is 3.82. The molecule has 2 aromatic rings. The van der Waals surface area contributed by atoms with Crippen LogP contribution in [0.15, 0.2) is 41.5 Å². The molecule has 2 aromatic carbocycles. The summed E-state index contributed by atoms with van der Waals surface area (Å²) in [6, 6.07) is 8.44. The minimum absolute atomic E-state index is 0.0410. The van der Waals surface area contributed by atoms with Gasteiger partial charge in [0.05, 0.1) is 11.6 Å². The molecule has 0 aliphatic heterocycles. The third-order valence-electron chi connectivity index (χ3n) is 6.89. The summed E-state index contributed by atoms with van der Waals surface area (Å²) in [5, 5.41) is 6.16. The fraction of sp³-hybridized carbons (Fsp3) is 0.500. The minimum atomic E-state index is -1.06. The maximum absolute atomic E-state index is 14.1. The van der Waals surface area contributed by atoms with E-state index in [2.05, 4.69) is 36.4 Å². The van der Waals surface area contributed by atoms with Gasteiger partial charge in [-0.3, -0.25) is 9.79 Å². The second kappa shape index (κ2) is 16.4. The fourth-order valence-electron chi connectivity index (χ4n) is 4.55. The molecule has 214 valence electrons. The average molecular weight is 560 g/mol. The first-order chi connectivity index (χ1) is 18.5. The first-order valence-electron chi connectivity index (χ1n) is 14.0. The van der Waals surface area contributed by atoms with Crippen LogP contribution < -0.4 is 10.6 Å². The summed E-state index contributed by atoms with van der Waals surface area (Å²) in [6.07, 6.45) is 8.66. The molecular weight excluding hydrogens is 516 g/mol. The van der Waals surface area contributed by atoms with Crippen LogP contribution in [0.2, 0.25) is 5.02 Å². The van der Waals surface area contributed by atoms with Crippen molar-refractivity contribution < 1.29 is 13.6 Å². The first-order valence-corrected chi connectivity index (χ1v) is 14.4. The number of amides is 1. The number of anilines is 1. The molecule has 0 aliphatic rings. The van der Waals surface area contributed by atoms with Gasteiger partial charge < -0.3 is 10.6 Å². The second-order valence-electron chi connectivity index (χ2n) is 10.8. The number of allylic oxidation sites excluding steroid dienone is 1. The molecule has 1 atom stereocenters. The zero-order valence-corrected chi connectivity index (χ0v) is 25.0. The van der Waals surface area contributed by atoms with E-state index in [4.69, 9.17) is 11.6 Å². The van der Waals surface area contributed by atoms with Crippen LogP contribution in [-0.2, 0) is 0 Å². The van der Waals surface area contributed by atoms with E-state index in [1.54, 1.807) is 6.92 Å². The lowest BCUT2D eigenvalue weighted by molar-refractivity contribution is 0.0950. The molecule has 0 aromatic heterocycles. The number of rotatable bonds is 15. The molecular formula is C32H44ClF2N3O. The zero-order chi connectivity index (χ0) is 28.9. The quantitative estimate of drug-likeness (QED) is 0.169. The zero-order valence-electron chi connectivity index (χ0n) is 24.3. The Morgan fingerprint density at radius 2 is 1.74 bits per heavy atom. The molecule has 2 rings (SSSR count). The molecule has 4 nitrogen and oxygen atoms in total. The normalized spacial score (nSPS) is 13.1. The van der Waals surface area contributed by atoms with E-state index in [9.17, 15) is 13.6 Å². The number of hydrogen-bond donors (Lipinski definition) is 2. The van der Waals surface area contributed by atoms with E-state index in [1.807, 2.05) is 32.0 Å². The predicted octanol–water partition coefficient (Wildman–Crippen LogP) is 9.22. The standard InChI is InChI=1S/C32H44ClF2N3O/c1-7-9-25(11-8-10-21(2)3)16-17-36-32(39)28-13-12-26(18-22(28)4)38-20-24(6)37-19-23(5)27-14-15-29(33)31(35)30(27)34/h12-15,18-19,21,25,38H,7-11,16-17,20H2,1-6H3,(H,36,39)/b23-19+,37-24?. The summed E-state index contributed by atoms with van der Waals surface area (Å²) < 4.78 is 27.9. The van der Waals surface area contributed by atoms with E-state index in [1.165, 1.54) is 50.4 Å². The maximum Gasteiger partial charge on any atom is 0.251 e. The summed E-state index contributed by atoms with van der Waals surface area (Å²) >= 11 is 5.63. The number of benzene rings is 2. The van der Waals surface area contributed by atoms with Gasteiger partial charge in [0.25, 0.3) is 5.91 Å². The van der Waals surface area contributed by atoms with E-state index in [0.29, 0.717) is 30.1 Å². The summed E-state index contributed by atoms with van der Waals surface area (Å²) in [6.45, 7) is 13.4. The Balaban J connectivity index is 1.89. The molecule has 0 aliphatic carbocycles. The van der Waals surface area contributed by atoms with Gasteiger partial charge >= 0.3 is 0 Å². The number of halogens is 3. The molecule has 0 heterocycles. The van der Waals surface area contributed by atoms with Crippen molar-refractivity contribution >= 4 is 34.5 Å². The lowest BCUT2D eigenvalue weighted by atomic mass is 9.92. The maximum atomic E-state index is 14.1. The van der Waals surface area contributed by atoms with Gasteiger partial charge in [0.1, 0.15) is 0 Å². The third-order valence-corrected chi connectivity index (χ3v) is 7.18. The highest BCUT2D eigenvalue weighted by Crippen LogP contribution is 2.25. The highest BCUT2D eigenvalue weighted by molar-refractivity contribution is 6.30. The molecule has 1 amide bonds. The number of aliphatic imine (C=N–C) groups is 1. The molecule has 0 bridgehead atoms. The number of carbonyl (C=O) groups is 1. The van der Waals surface area contributed by atoms with Crippen LogP contribution in [0.4, 0.5) is 14.5 Å². The first kappa shape index (κ1) is 32.5. The summed E-state index contributed by atoms with van der Waals surface area (Å²) in [4.78, 5) is 17.2. The highest BCUT2D eigenvalue weighted by Gasteiger charge is 2.14. The van der Waals surface area contributed by atoms with Gasteiger partial charge in [0.15, 0.2) is 11.6 Å². The second-order valence-corrected chi connectivity index (χ2v) is 11.2. The van der Waals surface area contributed by atoms with Gasteiger partial charge in [-0.2, -0.15) is 0 Å². The van der Waals surface area contributed by atoms with Crippen LogP contribution in [0.5, 0.6) is 0 Å². The molecule has 0 fully saturated rings. The minimum Gasteiger partial charge on any atom is -0.380 e. The monoisotopic (exact) mass is 559 g/mol. The highest BCUT2D eigenvalue weighted by atomic mass is 35.5. The predicted molar refractivity (Wildman–Crippen MR) is 162 cm³/mol.